The van der Waals surface area contributed by atoms with Crippen LogP contribution in [0.25, 0.3) is 0 Å². The molecule has 0 unspecified atom stereocenters. The summed E-state index contributed by atoms with van der Waals surface area (Å²) in [5.41, 5.74) is 0. The molecule has 0 saturated heterocycles. The van der Waals surface area contributed by atoms with Crippen LogP contribution >= 0.6 is 0 Å². The second-order valence-corrected chi connectivity index (χ2v) is 0.671. The zero-order valence-electron chi connectivity index (χ0n) is 8.59. The first kappa shape index (κ1) is 85.0. The summed E-state index contributed by atoms with van der Waals surface area (Å²) < 4.78 is 0. The van der Waals surface area contributed by atoms with Crippen molar-refractivity contribution in [3.8, 4) is 0 Å². The van der Waals surface area contributed by atoms with Crippen LogP contribution in [0.4, 0.5) is 0 Å². The molecule has 19 heavy (non-hydrogen) atoms. The van der Waals surface area contributed by atoms with Gasteiger partial charge in [0.1, 0.15) is 0 Å². The Morgan fingerprint density at radius 1 is 0.421 bits per heavy atom. The van der Waals surface area contributed by atoms with Crippen molar-refractivity contribution in [1.82, 2.24) is 0 Å². The summed E-state index contributed by atoms with van der Waals surface area (Å²) in [6.07, 6.45) is 0. The average Bonchev–Trinajstić information content (AvgIpc) is 1.54. The summed E-state index contributed by atoms with van der Waals surface area (Å²) in [4.78, 5) is 24.8. The molecular formula is H12N3O15Y. The van der Waals surface area contributed by atoms with Crippen LogP contribution in [0.3, 0.4) is 0 Å². The molecule has 0 radical (unpaired) electrons. The van der Waals surface area contributed by atoms with Gasteiger partial charge in [0.2, 0.25) is 0 Å². The zero-order valence-corrected chi connectivity index (χ0v) is 11.4. The summed E-state index contributed by atoms with van der Waals surface area (Å²) in [6, 6.07) is 0. The van der Waals surface area contributed by atoms with Crippen LogP contribution in [0, 0.1) is 46.0 Å². The molecule has 0 spiro atoms. The van der Waals surface area contributed by atoms with Gasteiger partial charge < -0.3 is 78.8 Å². The van der Waals surface area contributed by atoms with Crippen LogP contribution < -0.4 is 0 Å². The molecule has 0 atom stereocenters. The van der Waals surface area contributed by atoms with Crippen LogP contribution in [0.1, 0.15) is 0 Å². The third kappa shape index (κ3) is 1460. The summed E-state index contributed by atoms with van der Waals surface area (Å²) >= 11 is 0. The molecule has 0 amide bonds. The molecule has 0 saturated carbocycles. The topological polar surface area (TPSA) is 388 Å². The fourth-order valence-corrected chi connectivity index (χ4v) is 0. The smallest absolute Gasteiger partial charge is 0.412 e. The Hall–Kier alpha value is -1.54. The van der Waals surface area contributed by atoms with E-state index in [2.05, 4.69) is 0 Å². The van der Waals surface area contributed by atoms with E-state index in [4.69, 9.17) is 46.0 Å². The molecule has 0 fully saturated rings. The van der Waals surface area contributed by atoms with Gasteiger partial charge >= 0.3 is 32.7 Å². The van der Waals surface area contributed by atoms with Crippen molar-refractivity contribution in [3.63, 3.8) is 0 Å². The molecule has 0 aliphatic heterocycles. The Bertz CT molecular complexity index is 115. The van der Waals surface area contributed by atoms with Gasteiger partial charge in [-0.05, 0) is 0 Å². The van der Waals surface area contributed by atoms with Gasteiger partial charge in [-0.25, -0.2) is 0 Å². The Morgan fingerprint density at radius 2 is 0.421 bits per heavy atom. The Kier molecular flexibility index (Phi) is 316. The van der Waals surface area contributed by atoms with Gasteiger partial charge in [0.05, 0.1) is 15.3 Å². The minimum atomic E-state index is -1.75. The van der Waals surface area contributed by atoms with Crippen LogP contribution in [-0.2, 0) is 32.7 Å². The Labute approximate surface area is 127 Å². The van der Waals surface area contributed by atoms with Gasteiger partial charge in [0, 0.05) is 0 Å². The summed E-state index contributed by atoms with van der Waals surface area (Å²) in [7, 11) is 0. The quantitative estimate of drug-likeness (QED) is 0.283. The van der Waals surface area contributed by atoms with E-state index < -0.39 is 15.3 Å². The molecule has 120 valence electrons. The van der Waals surface area contributed by atoms with E-state index >= 15 is 0 Å². The normalized spacial score (nSPS) is 3.79. The SMILES string of the molecule is O.O.O.O.O.O.O=[N+]([O-])[O-].O=[N+]([O-])[O-].O=[N+]([O-])[O-].[Y+3]. The molecule has 0 rings (SSSR count). The van der Waals surface area contributed by atoms with Crippen molar-refractivity contribution < 1.29 is 80.8 Å². The monoisotopic (exact) mass is 383 g/mol. The number of nitrogens with zero attached hydrogens (tertiary/aromatic N) is 3. The maximum absolute atomic E-state index is 8.25. The summed E-state index contributed by atoms with van der Waals surface area (Å²) in [5, 5.41) is 44.2. The largest absolute Gasteiger partial charge is 3.00 e. The van der Waals surface area contributed by atoms with Crippen molar-refractivity contribution in [2.45, 2.75) is 0 Å². The number of rotatable bonds is 0. The number of hydrogen-bond donors (Lipinski definition) is 0. The molecule has 12 N–H and O–H groups in total. The van der Waals surface area contributed by atoms with Gasteiger partial charge in [-0.2, -0.15) is 0 Å². The predicted molar refractivity (Wildman–Crippen MR) is 52.8 cm³/mol. The van der Waals surface area contributed by atoms with Crippen LogP contribution in [0.5, 0.6) is 0 Å². The van der Waals surface area contributed by atoms with E-state index in [0.717, 1.165) is 0 Å². The Balaban J connectivity index is -0.00000000675. The molecule has 0 aliphatic rings. The minimum Gasteiger partial charge on any atom is -0.412 e. The molecule has 0 aromatic heterocycles. The van der Waals surface area contributed by atoms with Gasteiger partial charge in [0.25, 0.3) is 0 Å². The summed E-state index contributed by atoms with van der Waals surface area (Å²) in [6.45, 7) is 0. The van der Waals surface area contributed by atoms with E-state index in [1.807, 2.05) is 0 Å². The minimum absolute atomic E-state index is 0. The Morgan fingerprint density at radius 3 is 0.421 bits per heavy atom. The van der Waals surface area contributed by atoms with Crippen LogP contribution in [0.15, 0.2) is 0 Å². The first-order valence-corrected chi connectivity index (χ1v) is 1.64. The van der Waals surface area contributed by atoms with Crippen molar-refractivity contribution in [3.05, 3.63) is 46.0 Å². The van der Waals surface area contributed by atoms with E-state index in [1.165, 1.54) is 0 Å². The third-order valence-corrected chi connectivity index (χ3v) is 0. The number of hydrogen-bond acceptors (Lipinski definition) is 9. The maximum Gasteiger partial charge on any atom is 3.00 e. The van der Waals surface area contributed by atoms with Crippen molar-refractivity contribution in [2.24, 2.45) is 0 Å². The molecule has 0 aromatic rings. The standard InChI is InChI=1S/3NO3.6H2O.Y/c3*2-1(3)4;;;;;;;/h;;;6*1H2;/q3*-1;;;;;;;+3. The maximum atomic E-state index is 8.25. The first-order valence-electron chi connectivity index (χ1n) is 1.64. The van der Waals surface area contributed by atoms with Gasteiger partial charge in [-0.15, -0.1) is 0 Å². The fraction of sp³-hybridized carbons (Fsp3) is 0. The van der Waals surface area contributed by atoms with Crippen LogP contribution in [-0.4, -0.2) is 48.1 Å². The molecule has 19 heteroatoms. The van der Waals surface area contributed by atoms with Gasteiger partial charge in [0.15, 0.2) is 0 Å². The molecule has 0 bridgehead atoms. The first-order chi connectivity index (χ1) is 5.20. The average molecular weight is 383 g/mol. The van der Waals surface area contributed by atoms with Crippen molar-refractivity contribution in [2.75, 3.05) is 0 Å². The van der Waals surface area contributed by atoms with E-state index in [-0.39, 0.29) is 65.6 Å². The molecule has 18 nitrogen and oxygen atoms in total. The fourth-order valence-electron chi connectivity index (χ4n) is 0. The van der Waals surface area contributed by atoms with Crippen molar-refractivity contribution >= 4 is 0 Å². The van der Waals surface area contributed by atoms with Gasteiger partial charge in [-0.1, -0.05) is 0 Å². The predicted octanol–water partition coefficient (Wildman–Crippen LogP) is -5.67. The molecule has 0 aliphatic carbocycles. The second kappa shape index (κ2) is 70.7. The zero-order chi connectivity index (χ0) is 10.7. The van der Waals surface area contributed by atoms with Crippen LogP contribution in [0.2, 0.25) is 0 Å². The summed E-state index contributed by atoms with van der Waals surface area (Å²) in [5.74, 6) is 0. The van der Waals surface area contributed by atoms with E-state index in [0.29, 0.717) is 0 Å². The second-order valence-electron chi connectivity index (χ2n) is 0.671. The van der Waals surface area contributed by atoms with E-state index in [1.54, 1.807) is 0 Å². The molecular weight excluding hydrogens is 371 g/mol. The third-order valence-electron chi connectivity index (χ3n) is 0. The molecule has 0 aromatic carbocycles. The van der Waals surface area contributed by atoms with Crippen molar-refractivity contribution in [1.29, 1.82) is 0 Å². The van der Waals surface area contributed by atoms with E-state index in [9.17, 15) is 0 Å². The van der Waals surface area contributed by atoms with Gasteiger partial charge in [-0.3, -0.25) is 0 Å². The molecule has 0 heterocycles.